The van der Waals surface area contributed by atoms with Crippen molar-refractivity contribution in [3.05, 3.63) is 0 Å². The van der Waals surface area contributed by atoms with E-state index in [9.17, 15) is 24.0 Å². The van der Waals surface area contributed by atoms with Crippen molar-refractivity contribution in [1.29, 1.82) is 0 Å². The number of aldehydes is 1. The number of Topliss-reactive ketones (excluding diaryl/α,β-unsaturated/α-hetero) is 4. The van der Waals surface area contributed by atoms with Crippen LogP contribution in [-0.2, 0) is 43.5 Å². The third-order valence-corrected chi connectivity index (χ3v) is 1.51. The van der Waals surface area contributed by atoms with Gasteiger partial charge in [0.05, 0.1) is 6.42 Å². The predicted molar refractivity (Wildman–Crippen MR) is 56.9 cm³/mol. The van der Waals surface area contributed by atoms with Gasteiger partial charge in [0, 0.05) is 19.5 Å². The topological polar surface area (TPSA) is 85.3 Å². The molecule has 0 bridgehead atoms. The van der Waals surface area contributed by atoms with Gasteiger partial charge in [0.25, 0.3) is 0 Å². The quantitative estimate of drug-likeness (QED) is 0.417. The fourth-order valence-corrected chi connectivity index (χ4v) is 0.828. The molecular formula is C11H16O5Ru. The molecule has 0 saturated heterocycles. The predicted octanol–water partition coefficient (Wildman–Crippen LogP) is 0.531. The molecule has 17 heavy (non-hydrogen) atoms. The Morgan fingerprint density at radius 3 is 1.18 bits per heavy atom. The van der Waals surface area contributed by atoms with Gasteiger partial charge in [-0.15, -0.1) is 0 Å². The first-order valence-electron chi connectivity index (χ1n) is 4.67. The van der Waals surface area contributed by atoms with Gasteiger partial charge in [-0.05, 0) is 27.7 Å². The number of carbonyl (C=O) groups is 5. The monoisotopic (exact) mass is 330 g/mol. The molecule has 0 aromatic rings. The molecule has 0 fully saturated rings. The average molecular weight is 329 g/mol. The number of carbonyl (C=O) groups excluding carboxylic acids is 5. The van der Waals surface area contributed by atoms with Gasteiger partial charge in [0.2, 0.25) is 0 Å². The van der Waals surface area contributed by atoms with Gasteiger partial charge < -0.3 is 4.79 Å². The Kier molecular flexibility index (Phi) is 14.3. The normalized spacial score (nSPS) is 8.29. The van der Waals surface area contributed by atoms with Crippen molar-refractivity contribution in [3.63, 3.8) is 0 Å². The van der Waals surface area contributed by atoms with Crippen molar-refractivity contribution < 1.29 is 43.5 Å². The second-order valence-corrected chi connectivity index (χ2v) is 3.42. The summed E-state index contributed by atoms with van der Waals surface area (Å²) in [5.74, 6) is -1.94. The zero-order valence-electron chi connectivity index (χ0n) is 10.3. The minimum atomic E-state index is -1.04. The standard InChI is InChI=1S/C6H8O3.C5H8O2.Ru/c1-4(8)6(3-7)5(2)9;1-4(6)3-5(2)7;/h3,6H,1-2H3;3H2,1-2H3;. The van der Waals surface area contributed by atoms with Crippen molar-refractivity contribution in [3.8, 4) is 0 Å². The second kappa shape index (κ2) is 11.5. The van der Waals surface area contributed by atoms with Crippen LogP contribution in [0.4, 0.5) is 0 Å². The fraction of sp³-hybridized carbons (Fsp3) is 0.545. The fourth-order valence-electron chi connectivity index (χ4n) is 0.828. The van der Waals surface area contributed by atoms with E-state index in [0.29, 0.717) is 6.29 Å². The molecule has 0 unspecified atom stereocenters. The number of hydrogen-bond acceptors (Lipinski definition) is 5. The van der Waals surface area contributed by atoms with Crippen LogP contribution in [-0.4, -0.2) is 29.4 Å². The Balaban J connectivity index is -0.000000224. The van der Waals surface area contributed by atoms with E-state index in [4.69, 9.17) is 0 Å². The summed E-state index contributed by atoms with van der Waals surface area (Å²) in [7, 11) is 0. The maximum Gasteiger partial charge on any atom is 0.147 e. The smallest absolute Gasteiger partial charge is 0.147 e. The van der Waals surface area contributed by atoms with E-state index < -0.39 is 17.5 Å². The minimum absolute atomic E-state index is 0. The Morgan fingerprint density at radius 1 is 0.882 bits per heavy atom. The van der Waals surface area contributed by atoms with Crippen LogP contribution < -0.4 is 0 Å². The Hall–Kier alpha value is -1.03. The Morgan fingerprint density at radius 2 is 1.18 bits per heavy atom. The van der Waals surface area contributed by atoms with E-state index in [0.717, 1.165) is 0 Å². The van der Waals surface area contributed by atoms with Gasteiger partial charge in [-0.3, -0.25) is 19.2 Å². The van der Waals surface area contributed by atoms with Crippen LogP contribution in [0.2, 0.25) is 0 Å². The largest absolute Gasteiger partial charge is 0.302 e. The molecule has 0 rings (SSSR count). The Labute approximate surface area is 113 Å². The molecule has 0 atom stereocenters. The van der Waals surface area contributed by atoms with Crippen molar-refractivity contribution in [2.24, 2.45) is 5.92 Å². The summed E-state index contributed by atoms with van der Waals surface area (Å²) in [6.45, 7) is 5.25. The zero-order chi connectivity index (χ0) is 13.3. The number of ketones is 4. The van der Waals surface area contributed by atoms with E-state index in [2.05, 4.69) is 0 Å². The van der Waals surface area contributed by atoms with E-state index in [1.807, 2.05) is 0 Å². The van der Waals surface area contributed by atoms with Gasteiger partial charge in [-0.1, -0.05) is 0 Å². The summed E-state index contributed by atoms with van der Waals surface area (Å²) in [6.07, 6.45) is 0.449. The molecule has 0 amide bonds. The van der Waals surface area contributed by atoms with Crippen molar-refractivity contribution >= 4 is 29.4 Å². The van der Waals surface area contributed by atoms with E-state index in [1.165, 1.54) is 27.7 Å². The summed E-state index contributed by atoms with van der Waals surface area (Å²) in [5.41, 5.74) is 0. The van der Waals surface area contributed by atoms with E-state index in [1.54, 1.807) is 0 Å². The van der Waals surface area contributed by atoms with Crippen LogP contribution >= 0.6 is 0 Å². The molecule has 0 aliphatic rings. The van der Waals surface area contributed by atoms with Crippen molar-refractivity contribution in [2.75, 3.05) is 0 Å². The second-order valence-electron chi connectivity index (χ2n) is 3.42. The number of hydrogen-bond donors (Lipinski definition) is 0. The summed E-state index contributed by atoms with van der Waals surface area (Å²) in [4.78, 5) is 50.7. The summed E-state index contributed by atoms with van der Waals surface area (Å²) < 4.78 is 0. The SMILES string of the molecule is CC(=O)C(C=O)C(C)=O.CC(=O)CC(C)=O.[Ru]. The summed E-state index contributed by atoms with van der Waals surface area (Å²) >= 11 is 0. The van der Waals surface area contributed by atoms with Crippen LogP contribution in [0.3, 0.4) is 0 Å². The van der Waals surface area contributed by atoms with Gasteiger partial charge in [-0.25, -0.2) is 0 Å². The first-order valence-corrected chi connectivity index (χ1v) is 4.67. The third kappa shape index (κ3) is 15.0. The first-order chi connectivity index (χ1) is 7.22. The van der Waals surface area contributed by atoms with Gasteiger partial charge in [0.15, 0.2) is 0 Å². The molecule has 0 aliphatic heterocycles. The summed E-state index contributed by atoms with van der Waals surface area (Å²) in [6, 6.07) is 0. The van der Waals surface area contributed by atoms with Crippen LogP contribution in [0.15, 0.2) is 0 Å². The molecule has 98 valence electrons. The number of rotatable bonds is 5. The maximum atomic E-state index is 10.4. The zero-order valence-corrected chi connectivity index (χ0v) is 12.0. The summed E-state index contributed by atoms with van der Waals surface area (Å²) in [5, 5.41) is 0. The molecular weight excluding hydrogens is 313 g/mol. The molecule has 0 aromatic carbocycles. The van der Waals surface area contributed by atoms with Crippen LogP contribution in [0.1, 0.15) is 34.1 Å². The van der Waals surface area contributed by atoms with Crippen LogP contribution in [0.25, 0.3) is 0 Å². The van der Waals surface area contributed by atoms with Crippen LogP contribution in [0, 0.1) is 5.92 Å². The van der Waals surface area contributed by atoms with Gasteiger partial charge >= 0.3 is 0 Å². The maximum absolute atomic E-state index is 10.4. The van der Waals surface area contributed by atoms with Crippen molar-refractivity contribution in [2.45, 2.75) is 34.1 Å². The average Bonchev–Trinajstić information content (AvgIpc) is 2.01. The minimum Gasteiger partial charge on any atom is -0.302 e. The molecule has 0 aromatic heterocycles. The molecule has 0 aliphatic carbocycles. The Bertz CT molecular complexity index is 283. The van der Waals surface area contributed by atoms with Crippen LogP contribution in [0.5, 0.6) is 0 Å². The third-order valence-electron chi connectivity index (χ3n) is 1.51. The van der Waals surface area contributed by atoms with Crippen molar-refractivity contribution in [1.82, 2.24) is 0 Å². The van der Waals surface area contributed by atoms with E-state index >= 15 is 0 Å². The molecule has 0 heterocycles. The molecule has 5 nitrogen and oxygen atoms in total. The van der Waals surface area contributed by atoms with Gasteiger partial charge in [0.1, 0.15) is 35.3 Å². The van der Waals surface area contributed by atoms with Gasteiger partial charge in [-0.2, -0.15) is 0 Å². The molecule has 0 N–H and O–H groups in total. The molecule has 6 heteroatoms. The first kappa shape index (κ1) is 21.3. The molecule has 0 radical (unpaired) electrons. The molecule has 0 spiro atoms. The van der Waals surface area contributed by atoms with E-state index in [-0.39, 0.29) is 37.5 Å². The molecule has 0 saturated carbocycles.